The molecule has 6 heteroatoms. The molecule has 2 heterocycles. The summed E-state index contributed by atoms with van der Waals surface area (Å²) in [4.78, 5) is 25.7. The lowest BCUT2D eigenvalue weighted by molar-refractivity contribution is -0.118. The molecule has 25 heavy (non-hydrogen) atoms. The van der Waals surface area contributed by atoms with Crippen molar-refractivity contribution in [3.05, 3.63) is 60.9 Å². The van der Waals surface area contributed by atoms with Gasteiger partial charge < -0.3 is 9.88 Å². The first-order valence-corrected chi connectivity index (χ1v) is 8.43. The lowest BCUT2D eigenvalue weighted by Gasteiger charge is -2.16. The summed E-state index contributed by atoms with van der Waals surface area (Å²) in [5, 5.41) is 2.88. The van der Waals surface area contributed by atoms with Crippen molar-refractivity contribution < 1.29 is 4.79 Å². The molecule has 1 aromatic carbocycles. The zero-order valence-electron chi connectivity index (χ0n) is 14.0. The van der Waals surface area contributed by atoms with Crippen LogP contribution in [0.1, 0.15) is 37.5 Å². The fourth-order valence-electron chi connectivity index (χ4n) is 2.76. The normalized spacial score (nSPS) is 14.9. The number of amides is 1. The topological polar surface area (TPSA) is 72.7 Å². The molecule has 0 aliphatic heterocycles. The number of imidazole rings is 1. The molecule has 1 saturated carbocycles. The lowest BCUT2D eigenvalue weighted by atomic mass is 10.2. The van der Waals surface area contributed by atoms with Crippen LogP contribution in [-0.2, 0) is 4.79 Å². The number of carbonyl (C=O) groups excluding carboxylic acids is 1. The van der Waals surface area contributed by atoms with Gasteiger partial charge in [-0.25, -0.2) is 15.0 Å². The van der Waals surface area contributed by atoms with Gasteiger partial charge in [0.05, 0.1) is 18.1 Å². The lowest BCUT2D eigenvalue weighted by Crippen LogP contribution is -2.24. The molecule has 0 bridgehead atoms. The number of nitrogens with zero attached hydrogens (tertiary/aromatic N) is 4. The van der Waals surface area contributed by atoms with Gasteiger partial charge in [-0.3, -0.25) is 4.79 Å². The van der Waals surface area contributed by atoms with Gasteiger partial charge in [0.15, 0.2) is 0 Å². The molecule has 1 N–H and O–H groups in total. The van der Waals surface area contributed by atoms with Gasteiger partial charge >= 0.3 is 0 Å². The Hall–Kier alpha value is -3.02. The third kappa shape index (κ3) is 3.28. The van der Waals surface area contributed by atoms with E-state index in [1.807, 2.05) is 48.0 Å². The first-order chi connectivity index (χ1) is 12.2. The zero-order chi connectivity index (χ0) is 17.2. The summed E-state index contributed by atoms with van der Waals surface area (Å²) in [6.07, 6.45) is 9.20. The highest BCUT2D eigenvalue weighted by atomic mass is 16.2. The quantitative estimate of drug-likeness (QED) is 0.776. The van der Waals surface area contributed by atoms with Gasteiger partial charge in [-0.1, -0.05) is 30.3 Å². The monoisotopic (exact) mass is 333 g/mol. The van der Waals surface area contributed by atoms with Gasteiger partial charge in [0.25, 0.3) is 0 Å². The smallest absolute Gasteiger partial charge is 0.247 e. The predicted molar refractivity (Wildman–Crippen MR) is 95.0 cm³/mol. The SMILES string of the molecule is CC(C(=O)Nc1cnc(C2CC2)nc1)n1ccnc1-c1ccccc1. The minimum Gasteiger partial charge on any atom is -0.322 e. The number of hydrogen-bond donors (Lipinski definition) is 1. The van der Waals surface area contributed by atoms with E-state index in [9.17, 15) is 4.79 Å². The van der Waals surface area contributed by atoms with Crippen LogP contribution in [0.2, 0.25) is 0 Å². The van der Waals surface area contributed by atoms with Gasteiger partial charge in [0, 0.05) is 23.9 Å². The van der Waals surface area contributed by atoms with Gasteiger partial charge in [0.1, 0.15) is 17.7 Å². The molecule has 4 rings (SSSR count). The second kappa shape index (κ2) is 6.47. The Kier molecular flexibility index (Phi) is 4.01. The Morgan fingerprint density at radius 2 is 1.88 bits per heavy atom. The molecule has 0 radical (unpaired) electrons. The summed E-state index contributed by atoms with van der Waals surface area (Å²) in [7, 11) is 0. The third-order valence-corrected chi connectivity index (χ3v) is 4.38. The van der Waals surface area contributed by atoms with E-state index >= 15 is 0 Å². The number of carbonyl (C=O) groups is 1. The van der Waals surface area contributed by atoms with Crippen LogP contribution >= 0.6 is 0 Å². The molecule has 1 fully saturated rings. The van der Waals surface area contributed by atoms with Crippen molar-refractivity contribution in [2.24, 2.45) is 0 Å². The molecule has 3 aromatic rings. The van der Waals surface area contributed by atoms with E-state index in [0.29, 0.717) is 11.6 Å². The Morgan fingerprint density at radius 1 is 1.16 bits per heavy atom. The van der Waals surface area contributed by atoms with Gasteiger partial charge in [0.2, 0.25) is 5.91 Å². The summed E-state index contributed by atoms with van der Waals surface area (Å²) in [6.45, 7) is 1.85. The molecule has 1 amide bonds. The van der Waals surface area contributed by atoms with E-state index in [1.54, 1.807) is 18.6 Å². The molecule has 1 unspecified atom stereocenters. The highest BCUT2D eigenvalue weighted by Gasteiger charge is 2.26. The Balaban J connectivity index is 1.50. The van der Waals surface area contributed by atoms with Crippen molar-refractivity contribution in [3.8, 4) is 11.4 Å². The van der Waals surface area contributed by atoms with Crippen molar-refractivity contribution >= 4 is 11.6 Å². The number of hydrogen-bond acceptors (Lipinski definition) is 4. The second-order valence-corrected chi connectivity index (χ2v) is 6.29. The Morgan fingerprint density at radius 3 is 2.56 bits per heavy atom. The molecular weight excluding hydrogens is 314 g/mol. The molecule has 0 saturated heterocycles. The Labute approximate surface area is 146 Å². The van der Waals surface area contributed by atoms with Crippen LogP contribution in [-0.4, -0.2) is 25.4 Å². The highest BCUT2D eigenvalue weighted by Crippen LogP contribution is 2.37. The number of anilines is 1. The van der Waals surface area contributed by atoms with E-state index in [1.165, 1.54) is 0 Å². The van der Waals surface area contributed by atoms with Crippen LogP contribution in [0.4, 0.5) is 5.69 Å². The molecule has 6 nitrogen and oxygen atoms in total. The number of aromatic nitrogens is 4. The van der Waals surface area contributed by atoms with Crippen molar-refractivity contribution in [2.75, 3.05) is 5.32 Å². The summed E-state index contributed by atoms with van der Waals surface area (Å²) in [5.41, 5.74) is 1.59. The summed E-state index contributed by atoms with van der Waals surface area (Å²) >= 11 is 0. The van der Waals surface area contributed by atoms with Crippen LogP contribution in [0.15, 0.2) is 55.1 Å². The third-order valence-electron chi connectivity index (χ3n) is 4.38. The van der Waals surface area contributed by atoms with E-state index < -0.39 is 6.04 Å². The van der Waals surface area contributed by atoms with Crippen molar-refractivity contribution in [3.63, 3.8) is 0 Å². The Bertz CT molecular complexity index is 868. The first kappa shape index (κ1) is 15.5. The van der Waals surface area contributed by atoms with E-state index in [0.717, 1.165) is 30.1 Å². The van der Waals surface area contributed by atoms with E-state index in [2.05, 4.69) is 20.3 Å². The average Bonchev–Trinajstić information content (AvgIpc) is 3.39. The average molecular weight is 333 g/mol. The molecule has 1 aliphatic rings. The first-order valence-electron chi connectivity index (χ1n) is 8.43. The predicted octanol–water partition coefficient (Wildman–Crippen LogP) is 3.42. The summed E-state index contributed by atoms with van der Waals surface area (Å²) < 4.78 is 1.87. The van der Waals surface area contributed by atoms with Gasteiger partial charge in [-0.2, -0.15) is 0 Å². The standard InChI is InChI=1S/C19H19N5O/c1-13(24-10-9-20-18(24)15-5-3-2-4-6-15)19(25)23-16-11-21-17(22-12-16)14-7-8-14/h2-6,9-14H,7-8H2,1H3,(H,23,25). The molecule has 1 atom stereocenters. The second-order valence-electron chi connectivity index (χ2n) is 6.29. The largest absolute Gasteiger partial charge is 0.322 e. The molecule has 0 spiro atoms. The van der Waals surface area contributed by atoms with Crippen molar-refractivity contribution in [1.29, 1.82) is 0 Å². The van der Waals surface area contributed by atoms with E-state index in [-0.39, 0.29) is 5.91 Å². The number of rotatable bonds is 5. The van der Waals surface area contributed by atoms with Crippen LogP contribution in [0.3, 0.4) is 0 Å². The van der Waals surface area contributed by atoms with Crippen LogP contribution < -0.4 is 5.32 Å². The maximum atomic E-state index is 12.6. The van der Waals surface area contributed by atoms with E-state index in [4.69, 9.17) is 0 Å². The molecular formula is C19H19N5O. The van der Waals surface area contributed by atoms with Gasteiger partial charge in [-0.05, 0) is 19.8 Å². The summed E-state index contributed by atoms with van der Waals surface area (Å²) in [6, 6.07) is 9.43. The number of nitrogens with one attached hydrogen (secondary N) is 1. The molecule has 1 aliphatic carbocycles. The minimum absolute atomic E-state index is 0.127. The minimum atomic E-state index is -0.402. The van der Waals surface area contributed by atoms with Crippen LogP contribution in [0, 0.1) is 0 Å². The van der Waals surface area contributed by atoms with Crippen molar-refractivity contribution in [2.45, 2.75) is 31.7 Å². The maximum Gasteiger partial charge on any atom is 0.247 e. The molecule has 126 valence electrons. The fourth-order valence-corrected chi connectivity index (χ4v) is 2.76. The van der Waals surface area contributed by atoms with Crippen LogP contribution in [0.25, 0.3) is 11.4 Å². The zero-order valence-corrected chi connectivity index (χ0v) is 14.0. The van der Waals surface area contributed by atoms with Gasteiger partial charge in [-0.15, -0.1) is 0 Å². The van der Waals surface area contributed by atoms with Crippen LogP contribution in [0.5, 0.6) is 0 Å². The fraction of sp³-hybridized carbons (Fsp3) is 0.263. The molecule has 2 aromatic heterocycles. The number of benzene rings is 1. The highest BCUT2D eigenvalue weighted by molar-refractivity contribution is 5.93. The summed E-state index contributed by atoms with van der Waals surface area (Å²) in [5.74, 6) is 2.01. The van der Waals surface area contributed by atoms with Crippen molar-refractivity contribution in [1.82, 2.24) is 19.5 Å². The maximum absolute atomic E-state index is 12.6.